The predicted molar refractivity (Wildman–Crippen MR) is 118 cm³/mol. The second kappa shape index (κ2) is 13.0. The van der Waals surface area contributed by atoms with Crippen molar-refractivity contribution in [2.24, 2.45) is 5.92 Å². The molecule has 1 saturated heterocycles. The first-order valence-electron chi connectivity index (χ1n) is 11.2. The molecule has 1 aromatic rings. The van der Waals surface area contributed by atoms with E-state index in [1.165, 1.54) is 0 Å². The Morgan fingerprint density at radius 3 is 2.57 bits per heavy atom. The molecule has 0 bridgehead atoms. The lowest BCUT2D eigenvalue weighted by Gasteiger charge is -2.23. The number of benzene rings is 1. The third-order valence-corrected chi connectivity index (χ3v) is 5.70. The smallest absolute Gasteiger partial charge is 0.253 e. The zero-order chi connectivity index (χ0) is 21.8. The third kappa shape index (κ3) is 7.78. The Balaban J connectivity index is 1.95. The molecule has 1 aliphatic rings. The van der Waals surface area contributed by atoms with Gasteiger partial charge in [-0.25, -0.2) is 0 Å². The number of nitrogens with one attached hydrogen (secondary N) is 2. The van der Waals surface area contributed by atoms with Crippen LogP contribution >= 0.6 is 0 Å². The van der Waals surface area contributed by atoms with Gasteiger partial charge in [0.25, 0.3) is 5.91 Å². The van der Waals surface area contributed by atoms with E-state index in [9.17, 15) is 14.4 Å². The van der Waals surface area contributed by atoms with Crippen molar-refractivity contribution in [3.8, 4) is 0 Å². The van der Waals surface area contributed by atoms with E-state index >= 15 is 0 Å². The number of rotatable bonds is 7. The van der Waals surface area contributed by atoms with E-state index in [1.807, 2.05) is 18.2 Å². The maximum atomic E-state index is 12.8. The molecule has 1 atom stereocenters. The van der Waals surface area contributed by atoms with Crippen LogP contribution in [0.1, 0.15) is 49.9 Å². The van der Waals surface area contributed by atoms with Crippen LogP contribution in [-0.4, -0.2) is 73.3 Å². The van der Waals surface area contributed by atoms with Crippen molar-refractivity contribution in [1.29, 1.82) is 0 Å². The number of amides is 3. The highest BCUT2D eigenvalue weighted by atomic mass is 16.2. The summed E-state index contributed by atoms with van der Waals surface area (Å²) in [6.07, 6.45) is 2.33. The topological polar surface area (TPSA) is 81.8 Å². The van der Waals surface area contributed by atoms with Crippen LogP contribution in [-0.2, 0) is 9.59 Å². The lowest BCUT2D eigenvalue weighted by Crippen LogP contribution is -2.38. The van der Waals surface area contributed by atoms with Crippen molar-refractivity contribution in [3.63, 3.8) is 0 Å². The molecule has 0 aliphatic carbocycles. The molecular formula is C23H36N4O3. The Kier molecular flexibility index (Phi) is 10.3. The molecule has 1 heterocycles. The molecule has 2 N–H and O–H groups in total. The Morgan fingerprint density at radius 2 is 1.87 bits per heavy atom. The molecule has 0 saturated carbocycles. The van der Waals surface area contributed by atoms with Crippen LogP contribution in [0.4, 0.5) is 0 Å². The number of hydrogen-bond donors (Lipinski definition) is 2. The number of carbonyl (C=O) groups excluding carboxylic acids is 3. The van der Waals surface area contributed by atoms with Crippen LogP contribution in [0, 0.1) is 5.92 Å². The highest BCUT2D eigenvalue weighted by molar-refractivity contribution is 5.94. The minimum Gasteiger partial charge on any atom is -0.356 e. The minimum absolute atomic E-state index is 0.0385. The van der Waals surface area contributed by atoms with Crippen molar-refractivity contribution in [3.05, 3.63) is 35.9 Å². The summed E-state index contributed by atoms with van der Waals surface area (Å²) >= 11 is 0. The predicted octanol–water partition coefficient (Wildman–Crippen LogP) is 1.89. The Hall–Kier alpha value is -2.41. The number of likely N-dealkylation sites (N-methyl/N-ethyl adjacent to an activating group) is 1. The average Bonchev–Trinajstić information content (AvgIpc) is 2.81. The molecule has 2 rings (SSSR count). The molecule has 1 unspecified atom stereocenters. The van der Waals surface area contributed by atoms with Crippen LogP contribution in [0.3, 0.4) is 0 Å². The molecule has 0 aromatic heterocycles. The first-order valence-corrected chi connectivity index (χ1v) is 11.2. The van der Waals surface area contributed by atoms with Crippen molar-refractivity contribution < 1.29 is 14.4 Å². The fraction of sp³-hybridized carbons (Fsp3) is 0.609. The van der Waals surface area contributed by atoms with Gasteiger partial charge in [-0.2, -0.15) is 0 Å². The summed E-state index contributed by atoms with van der Waals surface area (Å²) in [7, 11) is 0. The molecule has 1 aliphatic heterocycles. The van der Waals surface area contributed by atoms with Crippen LogP contribution in [0.25, 0.3) is 0 Å². The molecule has 3 amide bonds. The van der Waals surface area contributed by atoms with Gasteiger partial charge >= 0.3 is 0 Å². The maximum Gasteiger partial charge on any atom is 0.253 e. The van der Waals surface area contributed by atoms with Crippen LogP contribution < -0.4 is 10.6 Å². The molecule has 7 heteroatoms. The molecule has 0 radical (unpaired) electrons. The van der Waals surface area contributed by atoms with Gasteiger partial charge < -0.3 is 20.4 Å². The zero-order valence-electron chi connectivity index (χ0n) is 18.4. The molecule has 1 aromatic carbocycles. The maximum absolute atomic E-state index is 12.8. The minimum atomic E-state index is -0.159. The summed E-state index contributed by atoms with van der Waals surface area (Å²) in [5.74, 6) is -0.267. The largest absolute Gasteiger partial charge is 0.356 e. The first kappa shape index (κ1) is 23.9. The Morgan fingerprint density at radius 1 is 1.13 bits per heavy atom. The summed E-state index contributed by atoms with van der Waals surface area (Å²) in [4.78, 5) is 41.7. The second-order valence-electron chi connectivity index (χ2n) is 7.70. The Labute approximate surface area is 180 Å². The Bertz CT molecular complexity index is 676. The fourth-order valence-corrected chi connectivity index (χ4v) is 3.75. The SMILES string of the molecule is CCN(CC)CCNC(=O)C1CCCN(C(=O)c2ccccc2)CCC(=O)NCC1. The molecule has 30 heavy (non-hydrogen) atoms. The van der Waals surface area contributed by atoms with Crippen molar-refractivity contribution in [2.75, 3.05) is 45.8 Å². The van der Waals surface area contributed by atoms with E-state index in [2.05, 4.69) is 29.4 Å². The first-order chi connectivity index (χ1) is 14.5. The van der Waals surface area contributed by atoms with Gasteiger partial charge in [0.05, 0.1) is 0 Å². The van der Waals surface area contributed by atoms with Crippen LogP contribution in [0.5, 0.6) is 0 Å². The second-order valence-corrected chi connectivity index (χ2v) is 7.70. The van der Waals surface area contributed by atoms with Gasteiger partial charge in [0.1, 0.15) is 0 Å². The van der Waals surface area contributed by atoms with E-state index < -0.39 is 0 Å². The van der Waals surface area contributed by atoms with Gasteiger partial charge in [0, 0.05) is 50.6 Å². The molecular weight excluding hydrogens is 380 g/mol. The van der Waals surface area contributed by atoms with Gasteiger partial charge in [0.15, 0.2) is 0 Å². The number of hydrogen-bond acceptors (Lipinski definition) is 4. The third-order valence-electron chi connectivity index (χ3n) is 5.70. The normalized spacial score (nSPS) is 18.4. The summed E-state index contributed by atoms with van der Waals surface area (Å²) in [6, 6.07) is 9.13. The average molecular weight is 417 g/mol. The standard InChI is InChI=1S/C23H36N4O3/c1-3-26(4-2)18-15-25-22(29)19-11-8-16-27(17-13-21(28)24-14-12-19)23(30)20-9-6-5-7-10-20/h5-7,9-10,19H,3-4,8,11-18H2,1-2H3,(H,24,28)(H,25,29). The van der Waals surface area contributed by atoms with Crippen molar-refractivity contribution >= 4 is 17.7 Å². The van der Waals surface area contributed by atoms with Crippen molar-refractivity contribution in [2.45, 2.75) is 39.5 Å². The van der Waals surface area contributed by atoms with Gasteiger partial charge in [-0.05, 0) is 44.5 Å². The lowest BCUT2D eigenvalue weighted by atomic mass is 9.98. The summed E-state index contributed by atoms with van der Waals surface area (Å²) in [5.41, 5.74) is 0.624. The molecule has 166 valence electrons. The van der Waals surface area contributed by atoms with E-state index in [-0.39, 0.29) is 30.1 Å². The number of nitrogens with zero attached hydrogens (tertiary/aromatic N) is 2. The zero-order valence-corrected chi connectivity index (χ0v) is 18.4. The van der Waals surface area contributed by atoms with Gasteiger partial charge in [-0.3, -0.25) is 14.4 Å². The highest BCUT2D eigenvalue weighted by Gasteiger charge is 2.22. The highest BCUT2D eigenvalue weighted by Crippen LogP contribution is 2.15. The molecule has 0 spiro atoms. The van der Waals surface area contributed by atoms with Crippen molar-refractivity contribution in [1.82, 2.24) is 20.4 Å². The monoisotopic (exact) mass is 416 g/mol. The van der Waals surface area contributed by atoms with Crippen LogP contribution in [0.15, 0.2) is 30.3 Å². The quantitative estimate of drug-likeness (QED) is 0.711. The van der Waals surface area contributed by atoms with E-state index in [1.54, 1.807) is 17.0 Å². The molecule has 7 nitrogen and oxygen atoms in total. The van der Waals surface area contributed by atoms with Crippen LogP contribution in [0.2, 0.25) is 0 Å². The van der Waals surface area contributed by atoms with Gasteiger partial charge in [0.2, 0.25) is 11.8 Å². The summed E-state index contributed by atoms with van der Waals surface area (Å²) in [5, 5.41) is 5.94. The van der Waals surface area contributed by atoms with E-state index in [0.717, 1.165) is 26.1 Å². The van der Waals surface area contributed by atoms with Gasteiger partial charge in [-0.1, -0.05) is 32.0 Å². The summed E-state index contributed by atoms with van der Waals surface area (Å²) in [6.45, 7) is 9.04. The van der Waals surface area contributed by atoms with E-state index in [4.69, 9.17) is 0 Å². The summed E-state index contributed by atoms with van der Waals surface area (Å²) < 4.78 is 0. The lowest BCUT2D eigenvalue weighted by molar-refractivity contribution is -0.126. The van der Waals surface area contributed by atoms with Gasteiger partial charge in [-0.15, -0.1) is 0 Å². The van der Waals surface area contributed by atoms with E-state index in [0.29, 0.717) is 44.6 Å². The molecule has 1 fully saturated rings. The number of carbonyl (C=O) groups is 3. The fourth-order valence-electron chi connectivity index (χ4n) is 3.75.